The minimum absolute atomic E-state index is 0.188. The number of rotatable bonds is 4. The Morgan fingerprint density at radius 2 is 1.85 bits per heavy atom. The van der Waals surface area contributed by atoms with Crippen LogP contribution in [0.4, 0.5) is 10.1 Å². The Morgan fingerprint density at radius 1 is 1.20 bits per heavy atom. The molecule has 0 bridgehead atoms. The van der Waals surface area contributed by atoms with Gasteiger partial charge in [0, 0.05) is 28.0 Å². The second kappa shape index (κ2) is 6.09. The van der Waals surface area contributed by atoms with Gasteiger partial charge in [-0.2, -0.15) is 0 Å². The molecule has 0 aliphatic heterocycles. The van der Waals surface area contributed by atoms with Gasteiger partial charge >= 0.3 is 0 Å². The van der Waals surface area contributed by atoms with Gasteiger partial charge in [0.1, 0.15) is 0 Å². The summed E-state index contributed by atoms with van der Waals surface area (Å²) >= 11 is 1.30. The first-order valence-corrected chi connectivity index (χ1v) is 7.03. The second-order valence-corrected chi connectivity index (χ2v) is 5.30. The van der Waals surface area contributed by atoms with E-state index < -0.39 is 5.82 Å². The van der Waals surface area contributed by atoms with Crippen molar-refractivity contribution in [1.82, 2.24) is 9.97 Å². The smallest absolute Gasteiger partial charge is 0.192 e. The number of ether oxygens (including phenoxy) is 1. The average Bonchev–Trinajstić information content (AvgIpc) is 2.34. The Bertz CT molecular complexity index is 614. The molecule has 0 aliphatic carbocycles. The highest BCUT2D eigenvalue weighted by molar-refractivity contribution is 7.99. The molecule has 0 radical (unpaired) electrons. The maximum absolute atomic E-state index is 13.6. The summed E-state index contributed by atoms with van der Waals surface area (Å²) < 4.78 is 18.9. The van der Waals surface area contributed by atoms with Crippen molar-refractivity contribution in [2.24, 2.45) is 0 Å². The maximum Gasteiger partial charge on any atom is 0.192 e. The number of halogens is 1. The Morgan fingerprint density at radius 3 is 2.45 bits per heavy atom. The summed E-state index contributed by atoms with van der Waals surface area (Å²) in [6.07, 6.45) is 0. The molecular formula is C14H16FN3OS. The highest BCUT2D eigenvalue weighted by Gasteiger charge is 2.12. The Labute approximate surface area is 121 Å². The average molecular weight is 293 g/mol. The quantitative estimate of drug-likeness (QED) is 0.692. The van der Waals surface area contributed by atoms with E-state index in [9.17, 15) is 4.39 Å². The Hall–Kier alpha value is -1.82. The third kappa shape index (κ3) is 3.39. The van der Waals surface area contributed by atoms with Gasteiger partial charge in [0.2, 0.25) is 0 Å². The molecule has 0 atom stereocenters. The lowest BCUT2D eigenvalue weighted by molar-refractivity contribution is 0.321. The number of nitrogen functional groups attached to an aromatic ring is 1. The van der Waals surface area contributed by atoms with Gasteiger partial charge in [-0.15, -0.1) is 0 Å². The first kappa shape index (κ1) is 14.6. The molecule has 6 heteroatoms. The minimum Gasteiger partial charge on any atom is -0.491 e. The normalized spacial score (nSPS) is 10.6. The summed E-state index contributed by atoms with van der Waals surface area (Å²) in [6.45, 7) is 6.00. The van der Waals surface area contributed by atoms with Crippen molar-refractivity contribution >= 4 is 17.4 Å². The van der Waals surface area contributed by atoms with Crippen LogP contribution in [0.25, 0.3) is 0 Å². The fourth-order valence-corrected chi connectivity index (χ4v) is 2.66. The van der Waals surface area contributed by atoms with Crippen LogP contribution in [0.15, 0.2) is 28.3 Å². The monoisotopic (exact) mass is 293 g/mol. The van der Waals surface area contributed by atoms with Crippen LogP contribution in [-0.2, 0) is 0 Å². The molecule has 0 spiro atoms. The molecule has 2 aromatic rings. The van der Waals surface area contributed by atoms with E-state index in [-0.39, 0.29) is 5.75 Å². The fraction of sp³-hybridized carbons (Fsp3) is 0.286. The van der Waals surface area contributed by atoms with Crippen LogP contribution in [0.2, 0.25) is 0 Å². The molecule has 0 amide bonds. The van der Waals surface area contributed by atoms with E-state index in [1.54, 1.807) is 13.0 Å². The number of hydrogen-bond donors (Lipinski definition) is 1. The third-order valence-electron chi connectivity index (χ3n) is 2.53. The molecule has 1 aromatic heterocycles. The van der Waals surface area contributed by atoms with Crippen LogP contribution in [-0.4, -0.2) is 16.6 Å². The first-order valence-electron chi connectivity index (χ1n) is 6.21. The predicted octanol–water partition coefficient (Wildman–Crippen LogP) is 3.36. The highest BCUT2D eigenvalue weighted by atomic mass is 32.2. The number of anilines is 1. The van der Waals surface area contributed by atoms with Gasteiger partial charge in [-0.1, -0.05) is 0 Å². The molecule has 0 aliphatic rings. The Balaban J connectivity index is 2.34. The van der Waals surface area contributed by atoms with Gasteiger partial charge < -0.3 is 10.5 Å². The molecule has 1 aromatic carbocycles. The number of nitrogens with two attached hydrogens (primary N) is 1. The number of nitrogens with zero attached hydrogens (tertiary/aromatic N) is 2. The van der Waals surface area contributed by atoms with Crippen molar-refractivity contribution in [1.29, 1.82) is 0 Å². The number of hydrogen-bond acceptors (Lipinski definition) is 5. The van der Waals surface area contributed by atoms with Crippen LogP contribution in [0.3, 0.4) is 0 Å². The highest BCUT2D eigenvalue weighted by Crippen LogP contribution is 2.34. The minimum atomic E-state index is -0.463. The van der Waals surface area contributed by atoms with Crippen molar-refractivity contribution < 1.29 is 9.13 Å². The molecule has 1 heterocycles. The van der Waals surface area contributed by atoms with Crippen molar-refractivity contribution in [2.75, 3.05) is 12.3 Å². The summed E-state index contributed by atoms with van der Waals surface area (Å²) in [4.78, 5) is 9.34. The van der Waals surface area contributed by atoms with E-state index in [1.165, 1.54) is 17.8 Å². The lowest BCUT2D eigenvalue weighted by Crippen LogP contribution is -1.99. The van der Waals surface area contributed by atoms with Crippen molar-refractivity contribution in [3.8, 4) is 5.75 Å². The molecule has 2 N–H and O–H groups in total. The maximum atomic E-state index is 13.6. The summed E-state index contributed by atoms with van der Waals surface area (Å²) in [5.74, 6) is -0.274. The summed E-state index contributed by atoms with van der Waals surface area (Å²) in [5, 5.41) is 0.586. The largest absolute Gasteiger partial charge is 0.491 e. The molecule has 106 valence electrons. The van der Waals surface area contributed by atoms with E-state index in [0.717, 1.165) is 11.4 Å². The SMILES string of the molecule is CCOc1cc(Sc2nc(C)cc(C)n2)c(N)cc1F. The zero-order chi connectivity index (χ0) is 14.7. The van der Waals surface area contributed by atoms with E-state index >= 15 is 0 Å². The molecule has 2 rings (SSSR count). The van der Waals surface area contributed by atoms with Gasteiger partial charge in [-0.25, -0.2) is 14.4 Å². The summed E-state index contributed by atoms with van der Waals surface area (Å²) in [6, 6.07) is 4.74. The van der Waals surface area contributed by atoms with Crippen LogP contribution in [0.1, 0.15) is 18.3 Å². The zero-order valence-electron chi connectivity index (χ0n) is 11.6. The van der Waals surface area contributed by atoms with E-state index in [1.807, 2.05) is 19.9 Å². The van der Waals surface area contributed by atoms with Gasteiger partial charge in [0.05, 0.1) is 6.61 Å². The molecule has 0 saturated carbocycles. The number of benzene rings is 1. The molecular weight excluding hydrogens is 277 g/mol. The number of aryl methyl sites for hydroxylation is 2. The van der Waals surface area contributed by atoms with Crippen LogP contribution in [0, 0.1) is 19.7 Å². The van der Waals surface area contributed by atoms with Crippen LogP contribution < -0.4 is 10.5 Å². The van der Waals surface area contributed by atoms with E-state index in [2.05, 4.69) is 9.97 Å². The van der Waals surface area contributed by atoms with Crippen LogP contribution in [0.5, 0.6) is 5.75 Å². The standard InChI is InChI=1S/C14H16FN3OS/c1-4-19-12-7-13(11(16)6-10(12)15)20-14-17-8(2)5-9(3)18-14/h5-7H,4,16H2,1-3H3. The molecule has 0 fully saturated rings. The molecule has 20 heavy (non-hydrogen) atoms. The lowest BCUT2D eigenvalue weighted by Gasteiger charge is -2.10. The van der Waals surface area contributed by atoms with Crippen molar-refractivity contribution in [3.63, 3.8) is 0 Å². The lowest BCUT2D eigenvalue weighted by atomic mass is 10.3. The predicted molar refractivity (Wildman–Crippen MR) is 77.6 cm³/mol. The fourth-order valence-electron chi connectivity index (χ4n) is 1.74. The third-order valence-corrected chi connectivity index (χ3v) is 3.47. The van der Waals surface area contributed by atoms with Gasteiger partial charge in [-0.3, -0.25) is 0 Å². The topological polar surface area (TPSA) is 61.0 Å². The summed E-state index contributed by atoms with van der Waals surface area (Å²) in [7, 11) is 0. The zero-order valence-corrected chi connectivity index (χ0v) is 12.4. The van der Waals surface area contributed by atoms with Crippen LogP contribution >= 0.6 is 11.8 Å². The van der Waals surface area contributed by atoms with E-state index in [0.29, 0.717) is 22.3 Å². The molecule has 0 saturated heterocycles. The number of aromatic nitrogens is 2. The second-order valence-electron chi connectivity index (χ2n) is 4.29. The van der Waals surface area contributed by atoms with Crippen molar-refractivity contribution in [3.05, 3.63) is 35.4 Å². The van der Waals surface area contributed by atoms with Gasteiger partial charge in [0.25, 0.3) is 0 Å². The molecule has 4 nitrogen and oxygen atoms in total. The summed E-state index contributed by atoms with van der Waals surface area (Å²) in [5.41, 5.74) is 7.95. The Kier molecular flexibility index (Phi) is 4.44. The van der Waals surface area contributed by atoms with Gasteiger partial charge in [0.15, 0.2) is 16.7 Å². The first-order chi connectivity index (χ1) is 9.49. The van der Waals surface area contributed by atoms with Gasteiger partial charge in [-0.05, 0) is 44.7 Å². The molecule has 0 unspecified atom stereocenters. The van der Waals surface area contributed by atoms with Crippen molar-refractivity contribution in [2.45, 2.75) is 30.8 Å². The van der Waals surface area contributed by atoms with E-state index in [4.69, 9.17) is 10.5 Å².